The molecule has 1 unspecified atom stereocenters. The summed E-state index contributed by atoms with van der Waals surface area (Å²) in [5.74, 6) is 0. The molecule has 0 heterocycles. The monoisotopic (exact) mass is 240 g/mol. The summed E-state index contributed by atoms with van der Waals surface area (Å²) < 4.78 is 17.2. The van der Waals surface area contributed by atoms with Crippen molar-refractivity contribution in [2.45, 2.75) is 37.9 Å². The van der Waals surface area contributed by atoms with Crippen molar-refractivity contribution in [2.24, 2.45) is 0 Å². The molecule has 1 fully saturated rings. The number of hydrogen-bond acceptors (Lipinski definition) is 2. The predicted octanol–water partition coefficient (Wildman–Crippen LogP) is 3.33. The lowest BCUT2D eigenvalue weighted by molar-refractivity contribution is 0.179. The topological polar surface area (TPSA) is 46.5 Å². The molecule has 2 rings (SSSR count). The van der Waals surface area contributed by atoms with Gasteiger partial charge in [-0.05, 0) is 18.4 Å². The van der Waals surface area contributed by atoms with Gasteiger partial charge in [0.15, 0.2) is 0 Å². The van der Waals surface area contributed by atoms with Crippen molar-refractivity contribution < 1.29 is 14.0 Å². The highest BCUT2D eigenvalue weighted by molar-refractivity contribution is 7.51. The van der Waals surface area contributed by atoms with Gasteiger partial charge in [-0.3, -0.25) is 4.57 Å². The van der Waals surface area contributed by atoms with Crippen molar-refractivity contribution in [3.05, 3.63) is 35.9 Å². The molecule has 0 aliphatic heterocycles. The number of benzene rings is 1. The molecule has 0 saturated heterocycles. The average molecular weight is 240 g/mol. The highest BCUT2D eigenvalue weighted by Gasteiger charge is 2.27. The summed E-state index contributed by atoms with van der Waals surface area (Å²) in [5.41, 5.74) is 0.853. The van der Waals surface area contributed by atoms with Gasteiger partial charge in [-0.25, -0.2) is 0 Å². The van der Waals surface area contributed by atoms with Gasteiger partial charge in [0, 0.05) is 0 Å². The summed E-state index contributed by atoms with van der Waals surface area (Å²) >= 11 is 0. The molecule has 1 N–H and O–H groups in total. The van der Waals surface area contributed by atoms with Crippen molar-refractivity contribution in [1.29, 1.82) is 0 Å². The minimum Gasteiger partial charge on any atom is -0.324 e. The van der Waals surface area contributed by atoms with E-state index in [4.69, 9.17) is 4.52 Å². The maximum atomic E-state index is 11.9. The molecule has 1 saturated carbocycles. The Labute approximate surface area is 96.0 Å². The normalized spacial score (nSPS) is 20.8. The molecule has 1 atom stereocenters. The van der Waals surface area contributed by atoms with Crippen LogP contribution in [0.25, 0.3) is 0 Å². The molecular formula is C12H17O3P. The SMILES string of the molecule is O=P(O)(Cc1ccccc1)OC1CCCC1. The lowest BCUT2D eigenvalue weighted by atomic mass is 10.2. The summed E-state index contributed by atoms with van der Waals surface area (Å²) in [4.78, 5) is 9.76. The summed E-state index contributed by atoms with van der Waals surface area (Å²) in [6, 6.07) is 9.32. The van der Waals surface area contributed by atoms with Crippen LogP contribution in [0.4, 0.5) is 0 Å². The summed E-state index contributed by atoms with van der Waals surface area (Å²) in [6.45, 7) is 0. The van der Waals surface area contributed by atoms with Crippen LogP contribution in [0.5, 0.6) is 0 Å². The minimum atomic E-state index is -3.46. The van der Waals surface area contributed by atoms with Gasteiger partial charge in [0.25, 0.3) is 0 Å². The highest BCUT2D eigenvalue weighted by Crippen LogP contribution is 2.48. The fourth-order valence-electron chi connectivity index (χ4n) is 2.08. The van der Waals surface area contributed by atoms with Crippen molar-refractivity contribution in [3.8, 4) is 0 Å². The van der Waals surface area contributed by atoms with E-state index in [0.29, 0.717) is 0 Å². The maximum Gasteiger partial charge on any atom is 0.332 e. The Balaban J connectivity index is 1.94. The molecule has 1 aromatic rings. The van der Waals surface area contributed by atoms with E-state index >= 15 is 0 Å². The van der Waals surface area contributed by atoms with Crippen LogP contribution in [0.1, 0.15) is 31.2 Å². The Morgan fingerprint density at radius 3 is 2.50 bits per heavy atom. The van der Waals surface area contributed by atoms with Crippen LogP contribution in [0.2, 0.25) is 0 Å². The third kappa shape index (κ3) is 3.44. The molecule has 88 valence electrons. The summed E-state index contributed by atoms with van der Waals surface area (Å²) in [5, 5.41) is 0. The molecule has 1 aliphatic carbocycles. The number of hydrogen-bond donors (Lipinski definition) is 1. The van der Waals surface area contributed by atoms with Crippen LogP contribution >= 0.6 is 7.60 Å². The molecule has 1 aliphatic rings. The van der Waals surface area contributed by atoms with Crippen molar-refractivity contribution in [2.75, 3.05) is 0 Å². The van der Waals surface area contributed by atoms with E-state index in [1.165, 1.54) is 0 Å². The van der Waals surface area contributed by atoms with Gasteiger partial charge in [0.1, 0.15) is 0 Å². The van der Waals surface area contributed by atoms with Crippen molar-refractivity contribution in [1.82, 2.24) is 0 Å². The lowest BCUT2D eigenvalue weighted by Crippen LogP contribution is -2.06. The molecule has 0 bridgehead atoms. The van der Waals surface area contributed by atoms with Crippen LogP contribution in [-0.4, -0.2) is 11.0 Å². The van der Waals surface area contributed by atoms with Gasteiger partial charge in [0.2, 0.25) is 0 Å². The van der Waals surface area contributed by atoms with Crippen molar-refractivity contribution >= 4 is 7.60 Å². The Morgan fingerprint density at radius 1 is 1.25 bits per heavy atom. The second-order valence-electron chi connectivity index (χ2n) is 4.29. The fourth-order valence-corrected chi connectivity index (χ4v) is 3.50. The summed E-state index contributed by atoms with van der Waals surface area (Å²) in [7, 11) is -3.46. The van der Waals surface area contributed by atoms with Gasteiger partial charge < -0.3 is 9.42 Å². The average Bonchev–Trinajstić information content (AvgIpc) is 2.70. The van der Waals surface area contributed by atoms with Gasteiger partial charge in [-0.15, -0.1) is 0 Å². The molecular weight excluding hydrogens is 223 g/mol. The summed E-state index contributed by atoms with van der Waals surface area (Å²) in [6.07, 6.45) is 4.15. The van der Waals surface area contributed by atoms with E-state index in [9.17, 15) is 9.46 Å². The lowest BCUT2D eigenvalue weighted by Gasteiger charge is -2.16. The largest absolute Gasteiger partial charge is 0.332 e. The van der Waals surface area contributed by atoms with E-state index < -0.39 is 7.60 Å². The van der Waals surface area contributed by atoms with Crippen LogP contribution < -0.4 is 0 Å². The Hall–Kier alpha value is -0.630. The zero-order valence-corrected chi connectivity index (χ0v) is 10.1. The molecule has 0 radical (unpaired) electrons. The van der Waals surface area contributed by atoms with Crippen LogP contribution in [0, 0.1) is 0 Å². The quantitative estimate of drug-likeness (QED) is 0.821. The van der Waals surface area contributed by atoms with Gasteiger partial charge in [-0.2, -0.15) is 0 Å². The van der Waals surface area contributed by atoms with Gasteiger partial charge in [-0.1, -0.05) is 43.2 Å². The molecule has 3 nitrogen and oxygen atoms in total. The van der Waals surface area contributed by atoms with E-state index in [1.54, 1.807) is 0 Å². The van der Waals surface area contributed by atoms with Crippen LogP contribution in [0.15, 0.2) is 30.3 Å². The number of rotatable bonds is 4. The van der Waals surface area contributed by atoms with E-state index in [1.807, 2.05) is 30.3 Å². The molecule has 1 aromatic carbocycles. The Bertz CT molecular complexity index is 371. The fraction of sp³-hybridized carbons (Fsp3) is 0.500. The first kappa shape index (κ1) is 11.8. The first-order chi connectivity index (χ1) is 7.66. The molecule has 4 heteroatoms. The van der Waals surface area contributed by atoms with Gasteiger partial charge in [0.05, 0.1) is 12.3 Å². The van der Waals surface area contributed by atoms with Crippen molar-refractivity contribution in [3.63, 3.8) is 0 Å². The third-order valence-electron chi connectivity index (χ3n) is 2.84. The van der Waals surface area contributed by atoms with Gasteiger partial charge >= 0.3 is 7.60 Å². The molecule has 0 aromatic heterocycles. The second-order valence-corrected chi connectivity index (χ2v) is 6.09. The zero-order chi connectivity index (χ0) is 11.4. The maximum absolute atomic E-state index is 11.9. The minimum absolute atomic E-state index is 0.0143. The van der Waals surface area contributed by atoms with E-state index in [0.717, 1.165) is 31.2 Å². The van der Waals surface area contributed by atoms with E-state index in [2.05, 4.69) is 0 Å². The second kappa shape index (κ2) is 5.13. The standard InChI is InChI=1S/C12H17O3P/c13-16(14,15-12-8-4-5-9-12)10-11-6-2-1-3-7-11/h1-3,6-7,12H,4-5,8-10H2,(H,13,14). The highest BCUT2D eigenvalue weighted by atomic mass is 31.2. The van der Waals surface area contributed by atoms with Crippen LogP contribution in [-0.2, 0) is 15.3 Å². The molecule has 0 amide bonds. The Kier molecular flexibility index (Phi) is 3.80. The third-order valence-corrected chi connectivity index (χ3v) is 4.23. The molecule has 0 spiro atoms. The first-order valence-electron chi connectivity index (χ1n) is 5.70. The molecule has 16 heavy (non-hydrogen) atoms. The predicted molar refractivity (Wildman–Crippen MR) is 63.3 cm³/mol. The smallest absolute Gasteiger partial charge is 0.324 e. The van der Waals surface area contributed by atoms with Crippen LogP contribution in [0.3, 0.4) is 0 Å². The Morgan fingerprint density at radius 2 is 1.88 bits per heavy atom. The first-order valence-corrected chi connectivity index (χ1v) is 7.46. The van der Waals surface area contributed by atoms with E-state index in [-0.39, 0.29) is 12.3 Å². The zero-order valence-electron chi connectivity index (χ0n) is 9.21.